The molecule has 5 aliphatic carbocycles. The highest BCUT2D eigenvalue weighted by molar-refractivity contribution is 5.96. The van der Waals surface area contributed by atoms with Crippen LogP contribution in [-0.2, 0) is 5.41 Å². The fraction of sp³-hybridized carbons (Fsp3) is 0.244. The summed E-state index contributed by atoms with van der Waals surface area (Å²) < 4.78 is 0. The number of benzene rings is 6. The molecule has 5 aliphatic rings. The van der Waals surface area contributed by atoms with Gasteiger partial charge >= 0.3 is 0 Å². The van der Waals surface area contributed by atoms with E-state index in [-0.39, 0.29) is 5.41 Å². The lowest BCUT2D eigenvalue weighted by Gasteiger charge is -2.53. The molecule has 1 spiro atoms. The maximum absolute atomic E-state index is 2.53. The van der Waals surface area contributed by atoms with Crippen LogP contribution in [0.5, 0.6) is 0 Å². The second-order valence-corrected chi connectivity index (χ2v) is 14.5. The molecular weight excluding hydrogens is 555 g/mol. The number of fused-ring (bicyclic) bond motifs is 5. The van der Waals surface area contributed by atoms with Crippen LogP contribution in [0.4, 0.5) is 17.1 Å². The summed E-state index contributed by atoms with van der Waals surface area (Å²) in [6.07, 6.45) is 8.50. The predicted octanol–water partition coefficient (Wildman–Crippen LogP) is 12.1. The Morgan fingerprint density at radius 3 is 2.13 bits per heavy atom. The molecule has 4 saturated carbocycles. The van der Waals surface area contributed by atoms with E-state index in [1.807, 2.05) is 0 Å². The Bertz CT molecular complexity index is 2100. The van der Waals surface area contributed by atoms with E-state index in [1.54, 1.807) is 11.1 Å². The van der Waals surface area contributed by atoms with Gasteiger partial charge in [-0.15, -0.1) is 0 Å². The van der Waals surface area contributed by atoms with Crippen LogP contribution < -0.4 is 4.90 Å². The van der Waals surface area contributed by atoms with Crippen LogP contribution in [0.25, 0.3) is 33.0 Å². The number of hydrogen-bond donors (Lipinski definition) is 0. The van der Waals surface area contributed by atoms with Crippen molar-refractivity contribution in [1.82, 2.24) is 0 Å². The standard InChI is InChI=1S/C45H39N/c1-2-13-38(14-3-1)46(39-15-8-12-34(29-39)35-22-21-32-10-4-5-11-33(32)28-35)43-19-9-18-42-44(43)40-16-6-7-17-41(40)45(42)36-23-20-30-24-31(26-36)27-37(45)25-30/h1-19,21-22,28-31,36-37H,20,23-27H2. The molecule has 1 heteroatoms. The quantitative estimate of drug-likeness (QED) is 0.196. The highest BCUT2D eigenvalue weighted by Gasteiger charge is 2.59. The summed E-state index contributed by atoms with van der Waals surface area (Å²) in [7, 11) is 0. The fourth-order valence-electron chi connectivity index (χ4n) is 10.7. The lowest BCUT2D eigenvalue weighted by Crippen LogP contribution is -2.48. The summed E-state index contributed by atoms with van der Waals surface area (Å²) in [6, 6.07) is 52.5. The highest BCUT2D eigenvalue weighted by atomic mass is 15.1. The molecule has 4 bridgehead atoms. The Labute approximate surface area is 272 Å². The van der Waals surface area contributed by atoms with Gasteiger partial charge in [0.1, 0.15) is 0 Å². The molecule has 4 fully saturated rings. The van der Waals surface area contributed by atoms with E-state index >= 15 is 0 Å². The molecule has 0 saturated heterocycles. The Morgan fingerprint density at radius 1 is 0.478 bits per heavy atom. The maximum atomic E-state index is 2.53. The number of nitrogens with zero attached hydrogens (tertiary/aromatic N) is 1. The number of rotatable bonds is 4. The second kappa shape index (κ2) is 10.2. The highest BCUT2D eigenvalue weighted by Crippen LogP contribution is 2.68. The lowest BCUT2D eigenvalue weighted by molar-refractivity contribution is 0.0618. The van der Waals surface area contributed by atoms with E-state index in [9.17, 15) is 0 Å². The zero-order valence-electron chi connectivity index (χ0n) is 26.3. The third-order valence-corrected chi connectivity index (χ3v) is 12.3. The molecule has 0 amide bonds. The summed E-state index contributed by atoms with van der Waals surface area (Å²) in [5.74, 6) is 3.34. The monoisotopic (exact) mass is 593 g/mol. The van der Waals surface area contributed by atoms with E-state index in [0.29, 0.717) is 0 Å². The predicted molar refractivity (Wildman–Crippen MR) is 192 cm³/mol. The molecule has 0 N–H and O–H groups in total. The van der Waals surface area contributed by atoms with Crippen molar-refractivity contribution in [2.24, 2.45) is 23.7 Å². The van der Waals surface area contributed by atoms with Gasteiger partial charge < -0.3 is 4.90 Å². The van der Waals surface area contributed by atoms with Crippen LogP contribution in [0.2, 0.25) is 0 Å². The summed E-state index contributed by atoms with van der Waals surface area (Å²) >= 11 is 0. The van der Waals surface area contributed by atoms with Crippen LogP contribution in [0.15, 0.2) is 140 Å². The minimum Gasteiger partial charge on any atom is -0.310 e. The summed E-state index contributed by atoms with van der Waals surface area (Å²) in [5.41, 5.74) is 12.5. The van der Waals surface area contributed by atoms with Gasteiger partial charge in [-0.2, -0.15) is 0 Å². The van der Waals surface area contributed by atoms with Crippen molar-refractivity contribution in [2.75, 3.05) is 4.90 Å². The SMILES string of the molecule is c1ccc(N(c2cccc(-c3ccc4ccccc4c3)c2)c2cccc3c2-c2ccccc2C32C3CCC4CC(C3)CC2C4)cc1. The van der Waals surface area contributed by atoms with Crippen LogP contribution in [-0.4, -0.2) is 0 Å². The van der Waals surface area contributed by atoms with E-state index in [0.717, 1.165) is 23.7 Å². The van der Waals surface area contributed by atoms with Crippen molar-refractivity contribution in [2.45, 2.75) is 43.9 Å². The first-order valence-corrected chi connectivity index (χ1v) is 17.4. The summed E-state index contributed by atoms with van der Waals surface area (Å²) in [6.45, 7) is 0. The van der Waals surface area contributed by atoms with Crippen molar-refractivity contribution in [3.63, 3.8) is 0 Å². The van der Waals surface area contributed by atoms with Gasteiger partial charge in [-0.1, -0.05) is 110 Å². The lowest BCUT2D eigenvalue weighted by atomic mass is 9.51. The van der Waals surface area contributed by atoms with Gasteiger partial charge in [-0.05, 0) is 131 Å². The topological polar surface area (TPSA) is 3.24 Å². The molecule has 5 unspecified atom stereocenters. The largest absolute Gasteiger partial charge is 0.310 e. The first-order chi connectivity index (χ1) is 22.8. The van der Waals surface area contributed by atoms with Crippen molar-refractivity contribution in [3.8, 4) is 22.3 Å². The number of anilines is 3. The van der Waals surface area contributed by atoms with Crippen LogP contribution in [0, 0.1) is 23.7 Å². The molecule has 6 aromatic carbocycles. The van der Waals surface area contributed by atoms with Gasteiger partial charge in [0, 0.05) is 22.4 Å². The fourth-order valence-corrected chi connectivity index (χ4v) is 10.7. The van der Waals surface area contributed by atoms with Crippen molar-refractivity contribution < 1.29 is 0 Å². The molecule has 46 heavy (non-hydrogen) atoms. The van der Waals surface area contributed by atoms with Gasteiger partial charge in [0.2, 0.25) is 0 Å². The Hall–Kier alpha value is -4.62. The van der Waals surface area contributed by atoms with Crippen LogP contribution >= 0.6 is 0 Å². The zero-order chi connectivity index (χ0) is 30.2. The van der Waals surface area contributed by atoms with E-state index < -0.39 is 0 Å². The van der Waals surface area contributed by atoms with E-state index in [4.69, 9.17) is 0 Å². The molecule has 224 valence electrons. The normalized spacial score (nSPS) is 25.4. The third-order valence-electron chi connectivity index (χ3n) is 12.3. The average Bonchev–Trinajstić information content (AvgIpc) is 3.26. The van der Waals surface area contributed by atoms with Gasteiger partial charge in [-0.25, -0.2) is 0 Å². The molecule has 0 aliphatic heterocycles. The smallest absolute Gasteiger partial charge is 0.0543 e. The Kier molecular flexibility index (Phi) is 5.89. The third kappa shape index (κ3) is 3.81. The minimum atomic E-state index is 0.142. The first-order valence-electron chi connectivity index (χ1n) is 17.4. The summed E-state index contributed by atoms with van der Waals surface area (Å²) in [5, 5.41) is 2.56. The average molecular weight is 594 g/mol. The Morgan fingerprint density at radius 2 is 1.20 bits per heavy atom. The summed E-state index contributed by atoms with van der Waals surface area (Å²) in [4.78, 5) is 2.53. The molecule has 0 aromatic heterocycles. The van der Waals surface area contributed by atoms with Crippen molar-refractivity contribution in [1.29, 1.82) is 0 Å². The molecule has 1 nitrogen and oxygen atoms in total. The molecule has 0 radical (unpaired) electrons. The van der Waals surface area contributed by atoms with E-state index in [2.05, 4.69) is 144 Å². The van der Waals surface area contributed by atoms with Crippen LogP contribution in [0.3, 0.4) is 0 Å². The molecule has 6 aromatic rings. The van der Waals surface area contributed by atoms with Crippen molar-refractivity contribution >= 4 is 27.8 Å². The molecule has 0 heterocycles. The van der Waals surface area contributed by atoms with Gasteiger partial charge in [0.05, 0.1) is 5.69 Å². The van der Waals surface area contributed by atoms with Gasteiger partial charge in [0.15, 0.2) is 0 Å². The zero-order valence-corrected chi connectivity index (χ0v) is 26.3. The molecule has 5 atom stereocenters. The first kappa shape index (κ1) is 26.6. The van der Waals surface area contributed by atoms with Crippen molar-refractivity contribution in [3.05, 3.63) is 151 Å². The molecular formula is C45H39N. The number of para-hydroxylation sites is 1. The van der Waals surface area contributed by atoms with Gasteiger partial charge in [-0.3, -0.25) is 0 Å². The second-order valence-electron chi connectivity index (χ2n) is 14.5. The maximum Gasteiger partial charge on any atom is 0.0543 e. The minimum absolute atomic E-state index is 0.142. The van der Waals surface area contributed by atoms with E-state index in [1.165, 1.54) is 88.6 Å². The Balaban J connectivity index is 1.19. The number of hydrogen-bond acceptors (Lipinski definition) is 1. The van der Waals surface area contributed by atoms with Gasteiger partial charge in [0.25, 0.3) is 0 Å². The molecule has 11 rings (SSSR count). The van der Waals surface area contributed by atoms with Crippen LogP contribution in [0.1, 0.15) is 49.7 Å².